The number of amides is 1. The van der Waals surface area contributed by atoms with Gasteiger partial charge in [-0.15, -0.1) is 34.7 Å². The lowest BCUT2D eigenvalue weighted by Crippen LogP contribution is -2.34. The van der Waals surface area contributed by atoms with Gasteiger partial charge in [-0.05, 0) is 43.9 Å². The first-order valence-corrected chi connectivity index (χ1v) is 10.8. The molecule has 31 heavy (non-hydrogen) atoms. The minimum Gasteiger partial charge on any atom is -0.424 e. The number of nitrogens with one attached hydrogen (secondary N) is 1. The Labute approximate surface area is 181 Å². The van der Waals surface area contributed by atoms with Gasteiger partial charge in [0.15, 0.2) is 5.01 Å². The van der Waals surface area contributed by atoms with Crippen LogP contribution in [0.3, 0.4) is 0 Å². The van der Waals surface area contributed by atoms with E-state index in [1.165, 1.54) is 11.3 Å². The van der Waals surface area contributed by atoms with Crippen molar-refractivity contribution in [3.63, 3.8) is 0 Å². The zero-order valence-corrected chi connectivity index (χ0v) is 17.3. The zero-order valence-electron chi connectivity index (χ0n) is 15.7. The molecule has 2 heterocycles. The van der Waals surface area contributed by atoms with Gasteiger partial charge in [0.05, 0.1) is 27.3 Å². The van der Waals surface area contributed by atoms with E-state index in [-0.39, 0.29) is 30.1 Å². The fraction of sp³-hybridized carbons (Fsp3) is 0.474. The second-order valence-corrected chi connectivity index (χ2v) is 9.87. The summed E-state index contributed by atoms with van der Waals surface area (Å²) in [4.78, 5) is 17.1. The van der Waals surface area contributed by atoms with Crippen LogP contribution in [0.25, 0.3) is 10.2 Å². The number of aromatic nitrogens is 3. The first-order chi connectivity index (χ1) is 14.7. The molecule has 0 saturated heterocycles. The summed E-state index contributed by atoms with van der Waals surface area (Å²) >= 11 is 7.26. The summed E-state index contributed by atoms with van der Waals surface area (Å²) in [6.45, 7) is 0. The number of fused-ring (bicyclic) bond motifs is 2. The van der Waals surface area contributed by atoms with Crippen LogP contribution < -0.4 is 5.32 Å². The molecule has 3 fully saturated rings. The fourth-order valence-electron chi connectivity index (χ4n) is 4.37. The number of benzene rings is 1. The highest BCUT2D eigenvalue weighted by molar-refractivity contribution is 7.20. The van der Waals surface area contributed by atoms with E-state index < -0.39 is 18.0 Å². The van der Waals surface area contributed by atoms with Gasteiger partial charge in [0.2, 0.25) is 11.8 Å². The van der Waals surface area contributed by atoms with E-state index in [4.69, 9.17) is 16.0 Å². The Hall–Kier alpha value is -2.24. The molecule has 0 atom stereocenters. The highest BCUT2D eigenvalue weighted by Crippen LogP contribution is 2.78. The third kappa shape index (κ3) is 3.13. The number of nitrogens with zero attached hydrogens (tertiary/aromatic N) is 3. The fourth-order valence-corrected chi connectivity index (χ4v) is 5.50. The van der Waals surface area contributed by atoms with Crippen LogP contribution in [0.2, 0.25) is 5.02 Å². The van der Waals surface area contributed by atoms with Crippen LogP contribution >= 0.6 is 22.9 Å². The number of thiazole rings is 1. The van der Waals surface area contributed by atoms with E-state index in [1.54, 1.807) is 18.2 Å². The summed E-state index contributed by atoms with van der Waals surface area (Å²) in [7, 11) is 0. The number of hydrogen-bond donors (Lipinski definition) is 1. The summed E-state index contributed by atoms with van der Waals surface area (Å²) < 4.78 is 47.4. The molecule has 0 unspecified atom stereocenters. The average Bonchev–Trinajstić information content (AvgIpc) is 3.22. The van der Waals surface area contributed by atoms with E-state index in [0.717, 1.165) is 4.70 Å². The quantitative estimate of drug-likeness (QED) is 0.597. The van der Waals surface area contributed by atoms with Crippen molar-refractivity contribution in [1.29, 1.82) is 0 Å². The van der Waals surface area contributed by atoms with Crippen LogP contribution in [-0.4, -0.2) is 39.1 Å². The maximum Gasteiger partial charge on any atom is 0.522 e. The molecule has 12 heteroatoms. The van der Waals surface area contributed by atoms with Crippen molar-refractivity contribution in [2.45, 2.75) is 55.0 Å². The van der Waals surface area contributed by atoms with Gasteiger partial charge in [0.25, 0.3) is 5.91 Å². The zero-order chi connectivity index (χ0) is 21.6. The normalized spacial score (nSPS) is 31.2. The molecule has 3 aliphatic rings. The van der Waals surface area contributed by atoms with Crippen molar-refractivity contribution in [2.75, 3.05) is 0 Å². The number of hydrogen-bond acceptors (Lipinski definition) is 7. The van der Waals surface area contributed by atoms with Gasteiger partial charge in [-0.1, -0.05) is 11.6 Å². The molecule has 1 amide bonds. The average molecular weight is 471 g/mol. The number of alkyl halides is 3. The second-order valence-electron chi connectivity index (χ2n) is 8.40. The number of ether oxygens (including phenoxy) is 1. The Kier molecular flexibility index (Phi) is 3.87. The Morgan fingerprint density at radius 2 is 2.06 bits per heavy atom. The van der Waals surface area contributed by atoms with Crippen LogP contribution in [0.15, 0.2) is 22.6 Å². The van der Waals surface area contributed by atoms with Gasteiger partial charge >= 0.3 is 6.36 Å². The highest BCUT2D eigenvalue weighted by Gasteiger charge is 2.88. The molecule has 0 radical (unpaired) electrons. The molecule has 0 spiro atoms. The first-order valence-electron chi connectivity index (χ1n) is 9.63. The molecule has 1 N–H and O–H groups in total. The van der Waals surface area contributed by atoms with E-state index >= 15 is 0 Å². The molecule has 162 valence electrons. The van der Waals surface area contributed by atoms with Gasteiger partial charge in [-0.3, -0.25) is 9.53 Å². The molecule has 3 aliphatic carbocycles. The minimum absolute atomic E-state index is 0.192. The predicted octanol–water partition coefficient (Wildman–Crippen LogP) is 4.33. The molecular formula is C19H14ClF3N4O3S. The largest absolute Gasteiger partial charge is 0.522 e. The molecular weight excluding hydrogens is 457 g/mol. The van der Waals surface area contributed by atoms with Crippen molar-refractivity contribution < 1.29 is 27.1 Å². The van der Waals surface area contributed by atoms with Gasteiger partial charge in [-0.2, -0.15) is 0 Å². The van der Waals surface area contributed by atoms with Crippen LogP contribution in [0.5, 0.6) is 0 Å². The number of halogens is 4. The van der Waals surface area contributed by atoms with Crippen molar-refractivity contribution >= 4 is 39.1 Å². The lowest BCUT2D eigenvalue weighted by molar-refractivity contribution is -0.352. The van der Waals surface area contributed by atoms with Crippen LogP contribution in [0.4, 0.5) is 13.2 Å². The third-order valence-electron chi connectivity index (χ3n) is 6.37. The van der Waals surface area contributed by atoms with Crippen LogP contribution in [-0.2, 0) is 10.2 Å². The molecule has 7 nitrogen and oxygen atoms in total. The van der Waals surface area contributed by atoms with Gasteiger partial charge in [0, 0.05) is 10.9 Å². The monoisotopic (exact) mass is 470 g/mol. The molecule has 3 aromatic rings. The molecule has 0 bridgehead atoms. The van der Waals surface area contributed by atoms with E-state index in [0.29, 0.717) is 40.2 Å². The topological polar surface area (TPSA) is 90.1 Å². The molecule has 6 rings (SSSR count). The summed E-state index contributed by atoms with van der Waals surface area (Å²) in [6.07, 6.45) is -3.75. The number of carbonyl (C=O) groups is 1. The maximum atomic E-state index is 12.7. The van der Waals surface area contributed by atoms with E-state index in [1.807, 2.05) is 0 Å². The Morgan fingerprint density at radius 1 is 1.29 bits per heavy atom. The Balaban J connectivity index is 1.10. The van der Waals surface area contributed by atoms with Gasteiger partial charge in [0.1, 0.15) is 0 Å². The molecule has 0 aliphatic heterocycles. The lowest BCUT2D eigenvalue weighted by Gasteiger charge is -2.32. The second kappa shape index (κ2) is 6.17. The summed E-state index contributed by atoms with van der Waals surface area (Å²) in [5.41, 5.74) is -0.0745. The maximum absolute atomic E-state index is 12.7. The number of carbonyl (C=O) groups excluding carboxylic acids is 1. The van der Waals surface area contributed by atoms with Gasteiger partial charge < -0.3 is 9.73 Å². The van der Waals surface area contributed by atoms with Crippen molar-refractivity contribution in [3.05, 3.63) is 40.0 Å². The minimum atomic E-state index is -4.63. The standard InChI is InChI=1S/C19H14ClF3N4O3S/c20-9-1-2-11-12(5-9)31-15(24-11)13(28)25-18-6-17(18,7-18)16-27-26-14(29-16)8-3-10(4-8)30-19(21,22)23/h1-2,5,8,10H,3-4,6-7H2,(H,25,28). The van der Waals surface area contributed by atoms with Crippen molar-refractivity contribution in [3.8, 4) is 0 Å². The smallest absolute Gasteiger partial charge is 0.424 e. The summed E-state index contributed by atoms with van der Waals surface area (Å²) in [6, 6.07) is 5.27. The molecule has 1 aromatic carbocycles. The number of rotatable bonds is 5. The van der Waals surface area contributed by atoms with Crippen molar-refractivity contribution in [1.82, 2.24) is 20.5 Å². The van der Waals surface area contributed by atoms with E-state index in [9.17, 15) is 18.0 Å². The van der Waals surface area contributed by atoms with Crippen LogP contribution in [0.1, 0.15) is 53.2 Å². The highest BCUT2D eigenvalue weighted by atomic mass is 35.5. The summed E-state index contributed by atoms with van der Waals surface area (Å²) in [5, 5.41) is 12.1. The predicted molar refractivity (Wildman–Crippen MR) is 103 cm³/mol. The first kappa shape index (κ1) is 19.4. The molecule has 3 saturated carbocycles. The lowest BCUT2D eigenvalue weighted by atomic mass is 9.82. The third-order valence-corrected chi connectivity index (χ3v) is 7.62. The van der Waals surface area contributed by atoms with Crippen LogP contribution in [0, 0.1) is 0 Å². The Bertz CT molecular complexity index is 1210. The Morgan fingerprint density at radius 3 is 2.81 bits per heavy atom. The SMILES string of the molecule is O=C(NC12CC1(c1nnc(C3CC(OC(F)(F)F)C3)o1)C2)c1nc2ccc(Cl)cc2s1. The van der Waals surface area contributed by atoms with E-state index in [2.05, 4.69) is 25.2 Å². The summed E-state index contributed by atoms with van der Waals surface area (Å²) in [5.74, 6) is 0.260. The molecule has 2 aromatic heterocycles. The van der Waals surface area contributed by atoms with Crippen molar-refractivity contribution in [2.24, 2.45) is 0 Å². The van der Waals surface area contributed by atoms with Gasteiger partial charge in [-0.25, -0.2) is 4.98 Å².